The Hall–Kier alpha value is -5.97. The molecule has 0 radical (unpaired) electrons. The van der Waals surface area contributed by atoms with Crippen LogP contribution in [0.15, 0.2) is 162 Å². The van der Waals surface area contributed by atoms with Gasteiger partial charge in [0.1, 0.15) is 16.2 Å². The quantitative estimate of drug-likeness (QED) is 0.192. The van der Waals surface area contributed by atoms with Crippen molar-refractivity contribution in [3.8, 4) is 43.4 Å². The van der Waals surface area contributed by atoms with Crippen molar-refractivity contribution < 1.29 is 4.42 Å². The molecule has 0 saturated carbocycles. The van der Waals surface area contributed by atoms with E-state index in [4.69, 9.17) is 9.40 Å². The average molecular weight is 619 g/mol. The summed E-state index contributed by atoms with van der Waals surface area (Å²) in [5.41, 5.74) is 12.2. The lowest BCUT2D eigenvalue weighted by Crippen LogP contribution is -2.10. The number of para-hydroxylation sites is 1. The third-order valence-corrected chi connectivity index (χ3v) is 10.4. The molecule has 1 aliphatic rings. The fourth-order valence-electron chi connectivity index (χ4n) is 7.08. The van der Waals surface area contributed by atoms with Gasteiger partial charge in [-0.2, -0.15) is 0 Å². The maximum absolute atomic E-state index is 6.22. The van der Waals surface area contributed by atoms with E-state index in [9.17, 15) is 0 Å². The highest BCUT2D eigenvalue weighted by molar-refractivity contribution is 7.19. The molecule has 0 amide bonds. The molecule has 0 unspecified atom stereocenters. The third kappa shape index (κ3) is 4.09. The van der Waals surface area contributed by atoms with E-state index >= 15 is 0 Å². The summed E-state index contributed by atoms with van der Waals surface area (Å²) in [5.74, 6) is 0. The minimum Gasteiger partial charge on any atom is -0.456 e. The first kappa shape index (κ1) is 26.3. The van der Waals surface area contributed by atoms with Crippen LogP contribution in [-0.4, -0.2) is 4.98 Å². The van der Waals surface area contributed by atoms with Crippen molar-refractivity contribution in [3.05, 3.63) is 158 Å². The van der Waals surface area contributed by atoms with Crippen molar-refractivity contribution in [3.63, 3.8) is 0 Å². The predicted octanol–water partition coefficient (Wildman–Crippen LogP) is 12.6. The number of benzene rings is 7. The molecule has 0 saturated heterocycles. The maximum atomic E-state index is 6.22. The van der Waals surface area contributed by atoms with Gasteiger partial charge >= 0.3 is 0 Å². The monoisotopic (exact) mass is 618 g/mol. The van der Waals surface area contributed by atoms with Crippen LogP contribution in [0.25, 0.3) is 76.1 Å². The number of rotatable bonds is 5. The molecule has 3 nitrogen and oxygen atoms in total. The van der Waals surface area contributed by atoms with Crippen LogP contribution < -0.4 is 4.90 Å². The summed E-state index contributed by atoms with van der Waals surface area (Å²) in [6.45, 7) is 0. The average Bonchev–Trinajstić information content (AvgIpc) is 3.82. The van der Waals surface area contributed by atoms with Crippen LogP contribution in [0.3, 0.4) is 0 Å². The molecule has 1 aliphatic carbocycles. The van der Waals surface area contributed by atoms with Crippen LogP contribution in [0.1, 0.15) is 0 Å². The minimum atomic E-state index is 0.888. The largest absolute Gasteiger partial charge is 0.456 e. The van der Waals surface area contributed by atoms with E-state index in [1.54, 1.807) is 11.3 Å². The van der Waals surface area contributed by atoms with Crippen LogP contribution in [0.4, 0.5) is 17.1 Å². The van der Waals surface area contributed by atoms with Crippen LogP contribution in [0.2, 0.25) is 0 Å². The summed E-state index contributed by atoms with van der Waals surface area (Å²) in [7, 11) is 0. The number of nitrogens with zero attached hydrogens (tertiary/aromatic N) is 2. The molecule has 0 atom stereocenters. The Balaban J connectivity index is 1.17. The van der Waals surface area contributed by atoms with Crippen molar-refractivity contribution in [2.45, 2.75) is 0 Å². The van der Waals surface area contributed by atoms with Crippen molar-refractivity contribution in [2.24, 2.45) is 0 Å². The summed E-state index contributed by atoms with van der Waals surface area (Å²) in [4.78, 5) is 8.81. The highest BCUT2D eigenvalue weighted by Gasteiger charge is 2.28. The van der Waals surface area contributed by atoms with Gasteiger partial charge in [-0.05, 0) is 53.6 Å². The lowest BCUT2D eigenvalue weighted by Gasteiger charge is -2.27. The number of anilines is 3. The van der Waals surface area contributed by atoms with Gasteiger partial charge in [0, 0.05) is 49.6 Å². The molecular weight excluding hydrogens is 593 g/mol. The predicted molar refractivity (Wildman–Crippen MR) is 197 cm³/mol. The van der Waals surface area contributed by atoms with Crippen LogP contribution in [0, 0.1) is 0 Å². The van der Waals surface area contributed by atoms with Gasteiger partial charge < -0.3 is 9.32 Å². The van der Waals surface area contributed by atoms with Gasteiger partial charge in [-0.15, -0.1) is 11.3 Å². The standard InChI is InChI=1S/C43H26N2OS/c1-3-10-27(11-4-1)28-18-20-30(21-19-28)45(31-22-25-39-36(26-31)32-14-7-8-17-38(32)46-39)37-24-23-34-40-33(37)15-9-16-35(40)42-41(34)44-43(47-42)29-12-5-2-6-13-29/h1-26H. The number of aromatic nitrogens is 1. The number of hydrogen-bond donors (Lipinski definition) is 0. The molecule has 2 aromatic heterocycles. The summed E-state index contributed by atoms with van der Waals surface area (Å²) < 4.78 is 6.22. The minimum absolute atomic E-state index is 0.888. The van der Waals surface area contributed by atoms with Crippen molar-refractivity contribution in [1.29, 1.82) is 0 Å². The number of hydrogen-bond acceptors (Lipinski definition) is 4. The number of thiazole rings is 1. The van der Waals surface area contributed by atoms with E-state index in [0.29, 0.717) is 0 Å². The second-order valence-corrected chi connectivity index (χ2v) is 12.9. The van der Waals surface area contributed by atoms with Crippen molar-refractivity contribution in [1.82, 2.24) is 4.98 Å². The smallest absolute Gasteiger partial charge is 0.135 e. The molecule has 0 bridgehead atoms. The molecular formula is C43H26N2OS. The van der Waals surface area contributed by atoms with E-state index in [1.165, 1.54) is 37.9 Å². The molecule has 10 rings (SSSR count). The summed E-state index contributed by atoms with van der Waals surface area (Å²) >= 11 is 1.78. The molecule has 2 heterocycles. The van der Waals surface area contributed by atoms with Crippen molar-refractivity contribution in [2.75, 3.05) is 4.90 Å². The Morgan fingerprint density at radius 1 is 0.489 bits per heavy atom. The Kier molecular flexibility index (Phi) is 5.74. The van der Waals surface area contributed by atoms with Gasteiger partial charge in [-0.3, -0.25) is 0 Å². The SMILES string of the molecule is c1ccc(-c2ccc(N(c3ccc4oc5ccccc5c4c3)c3ccc4c5c(cccc35)-c3sc(-c5ccccc5)nc3-4)cc2)cc1. The van der Waals surface area contributed by atoms with E-state index in [-0.39, 0.29) is 0 Å². The maximum Gasteiger partial charge on any atom is 0.135 e. The Morgan fingerprint density at radius 3 is 2.00 bits per heavy atom. The van der Waals surface area contributed by atoms with Crippen LogP contribution in [0.5, 0.6) is 0 Å². The Bertz CT molecular complexity index is 2590. The number of fused-ring (bicyclic) bond motifs is 6. The molecule has 47 heavy (non-hydrogen) atoms. The zero-order valence-electron chi connectivity index (χ0n) is 25.2. The molecule has 0 fully saturated rings. The summed E-state index contributed by atoms with van der Waals surface area (Å²) in [6.07, 6.45) is 0. The van der Waals surface area contributed by atoms with Gasteiger partial charge in [0.05, 0.1) is 16.3 Å². The molecule has 7 aromatic carbocycles. The highest BCUT2D eigenvalue weighted by atomic mass is 32.1. The third-order valence-electron chi connectivity index (χ3n) is 9.26. The van der Waals surface area contributed by atoms with Gasteiger partial charge in [0.2, 0.25) is 0 Å². The van der Waals surface area contributed by atoms with Gasteiger partial charge in [-0.1, -0.05) is 115 Å². The summed E-state index contributed by atoms with van der Waals surface area (Å²) in [5, 5.41) is 5.75. The fourth-order valence-corrected chi connectivity index (χ4v) is 8.19. The van der Waals surface area contributed by atoms with Gasteiger partial charge in [-0.25, -0.2) is 4.98 Å². The van der Waals surface area contributed by atoms with Crippen LogP contribution in [-0.2, 0) is 0 Å². The molecule has 9 aromatic rings. The zero-order valence-corrected chi connectivity index (χ0v) is 26.0. The molecule has 0 aliphatic heterocycles. The first-order chi connectivity index (χ1) is 23.3. The van der Waals surface area contributed by atoms with Gasteiger partial charge in [0.25, 0.3) is 0 Å². The zero-order chi connectivity index (χ0) is 30.9. The first-order valence-electron chi connectivity index (χ1n) is 15.8. The van der Waals surface area contributed by atoms with E-state index in [1.807, 2.05) is 12.1 Å². The lowest BCUT2D eigenvalue weighted by molar-refractivity contribution is 0.669. The highest BCUT2D eigenvalue weighted by Crippen LogP contribution is 2.54. The molecule has 4 heteroatoms. The van der Waals surface area contributed by atoms with Crippen LogP contribution >= 0.6 is 11.3 Å². The van der Waals surface area contributed by atoms with E-state index < -0.39 is 0 Å². The van der Waals surface area contributed by atoms with Crippen molar-refractivity contribution >= 4 is 61.1 Å². The normalized spacial score (nSPS) is 11.8. The Morgan fingerprint density at radius 2 is 1.17 bits per heavy atom. The first-order valence-corrected chi connectivity index (χ1v) is 16.6. The second kappa shape index (κ2) is 10.3. The summed E-state index contributed by atoms with van der Waals surface area (Å²) in [6, 6.07) is 55.9. The topological polar surface area (TPSA) is 29.3 Å². The second-order valence-electron chi connectivity index (χ2n) is 12.0. The molecule has 0 spiro atoms. The molecule has 220 valence electrons. The number of furan rings is 1. The van der Waals surface area contributed by atoms with E-state index in [2.05, 4.69) is 150 Å². The molecule has 0 N–H and O–H groups in total. The van der Waals surface area contributed by atoms with Gasteiger partial charge in [0.15, 0.2) is 0 Å². The Labute approximate surface area is 275 Å². The lowest BCUT2D eigenvalue weighted by atomic mass is 10.00. The fraction of sp³-hybridized carbons (Fsp3) is 0. The van der Waals surface area contributed by atoms with E-state index in [0.717, 1.165) is 55.3 Å².